The van der Waals surface area contributed by atoms with Crippen LogP contribution >= 0.6 is 11.6 Å². The van der Waals surface area contributed by atoms with E-state index in [9.17, 15) is 4.79 Å². The number of ketones is 1. The van der Waals surface area contributed by atoms with Crippen LogP contribution in [0.15, 0.2) is 41.4 Å². The SMILES string of the molecule is CCCOCCC.COc1ccc(C)c(N=C(C)c2cc(N3CCC(C(C)=O)C3)ccc2Cl)c1. The maximum absolute atomic E-state index is 11.7. The molecular formula is C28H39ClN2O3. The number of hydrogen-bond acceptors (Lipinski definition) is 5. The van der Waals surface area contributed by atoms with Crippen LogP contribution in [0.5, 0.6) is 5.75 Å². The predicted molar refractivity (Wildman–Crippen MR) is 143 cm³/mol. The number of ether oxygens (including phenoxy) is 2. The molecule has 6 heteroatoms. The molecule has 0 spiro atoms. The number of carbonyl (C=O) groups excluding carboxylic acids is 1. The number of aryl methyl sites for hydroxylation is 1. The molecule has 1 aliphatic rings. The molecule has 186 valence electrons. The first-order chi connectivity index (χ1) is 16.3. The Morgan fingerprint density at radius 1 is 1.12 bits per heavy atom. The van der Waals surface area contributed by atoms with Crippen molar-refractivity contribution in [3.05, 3.63) is 52.5 Å². The topological polar surface area (TPSA) is 51.1 Å². The van der Waals surface area contributed by atoms with E-state index < -0.39 is 0 Å². The van der Waals surface area contributed by atoms with Crippen LogP contribution in [0.3, 0.4) is 0 Å². The lowest BCUT2D eigenvalue weighted by atomic mass is 10.1. The van der Waals surface area contributed by atoms with Gasteiger partial charge in [0.05, 0.1) is 12.8 Å². The molecule has 0 aromatic heterocycles. The molecule has 0 saturated carbocycles. The number of aliphatic imine (C=N–C) groups is 1. The smallest absolute Gasteiger partial charge is 0.134 e. The van der Waals surface area contributed by atoms with Crippen LogP contribution in [0.25, 0.3) is 0 Å². The third-order valence-corrected chi connectivity index (χ3v) is 6.20. The third-order valence-electron chi connectivity index (χ3n) is 5.87. The first kappa shape index (κ1) is 27.9. The lowest BCUT2D eigenvalue weighted by Crippen LogP contribution is -2.22. The van der Waals surface area contributed by atoms with E-state index in [1.165, 1.54) is 0 Å². The van der Waals surface area contributed by atoms with E-state index in [0.717, 1.165) is 79.5 Å². The molecule has 2 aromatic carbocycles. The standard InChI is InChI=1S/C22H25ClN2O2.C6H14O/c1-14-5-7-19(27-4)12-22(14)24-15(2)20-11-18(6-8-21(20)23)25-10-9-17(13-25)16(3)26;1-3-5-7-6-4-2/h5-8,11-12,17H,9-10,13H2,1-4H3;3-6H2,1-2H3. The number of halogens is 1. The summed E-state index contributed by atoms with van der Waals surface area (Å²) in [5.74, 6) is 1.16. The van der Waals surface area contributed by atoms with E-state index in [1.807, 2.05) is 44.2 Å². The Labute approximate surface area is 210 Å². The Morgan fingerprint density at radius 3 is 2.41 bits per heavy atom. The van der Waals surface area contributed by atoms with Crippen LogP contribution in [0.4, 0.5) is 11.4 Å². The minimum Gasteiger partial charge on any atom is -0.497 e. The second kappa shape index (κ2) is 14.1. The third kappa shape index (κ3) is 8.14. The minimum absolute atomic E-state index is 0.123. The summed E-state index contributed by atoms with van der Waals surface area (Å²) >= 11 is 6.46. The molecule has 0 N–H and O–H groups in total. The van der Waals surface area contributed by atoms with Gasteiger partial charge < -0.3 is 14.4 Å². The van der Waals surface area contributed by atoms with Crippen molar-refractivity contribution in [1.29, 1.82) is 0 Å². The second-order valence-electron chi connectivity index (χ2n) is 8.67. The molecule has 0 bridgehead atoms. The van der Waals surface area contributed by atoms with Crippen molar-refractivity contribution in [3.8, 4) is 5.75 Å². The van der Waals surface area contributed by atoms with Gasteiger partial charge in [-0.3, -0.25) is 9.79 Å². The van der Waals surface area contributed by atoms with Gasteiger partial charge in [0.25, 0.3) is 0 Å². The van der Waals surface area contributed by atoms with E-state index in [0.29, 0.717) is 5.02 Å². The summed E-state index contributed by atoms with van der Waals surface area (Å²) in [4.78, 5) is 18.7. The number of benzene rings is 2. The van der Waals surface area contributed by atoms with Crippen LogP contribution in [0.2, 0.25) is 5.02 Å². The van der Waals surface area contributed by atoms with Crippen LogP contribution in [0.1, 0.15) is 58.1 Å². The molecular weight excluding hydrogens is 448 g/mol. The van der Waals surface area contributed by atoms with Gasteiger partial charge in [0.2, 0.25) is 0 Å². The first-order valence-corrected chi connectivity index (χ1v) is 12.5. The number of Topliss-reactive ketones (excluding diaryl/α,β-unsaturated/α-hetero) is 1. The Kier molecular flexibility index (Phi) is 11.6. The molecule has 0 aliphatic carbocycles. The Bertz CT molecular complexity index is 970. The van der Waals surface area contributed by atoms with Crippen molar-refractivity contribution in [2.75, 3.05) is 38.3 Å². The molecule has 0 amide bonds. The maximum Gasteiger partial charge on any atom is 0.134 e. The lowest BCUT2D eigenvalue weighted by Gasteiger charge is -2.20. The highest BCUT2D eigenvalue weighted by molar-refractivity contribution is 6.34. The van der Waals surface area contributed by atoms with Crippen molar-refractivity contribution in [1.82, 2.24) is 0 Å². The molecule has 5 nitrogen and oxygen atoms in total. The molecule has 1 atom stereocenters. The van der Waals surface area contributed by atoms with Gasteiger partial charge in [-0.15, -0.1) is 0 Å². The van der Waals surface area contributed by atoms with E-state index in [2.05, 4.69) is 24.8 Å². The van der Waals surface area contributed by atoms with Crippen LogP contribution < -0.4 is 9.64 Å². The van der Waals surface area contributed by atoms with Crippen molar-refractivity contribution in [3.63, 3.8) is 0 Å². The monoisotopic (exact) mass is 486 g/mol. The minimum atomic E-state index is 0.123. The summed E-state index contributed by atoms with van der Waals surface area (Å²) in [5, 5.41) is 0.669. The average molecular weight is 487 g/mol. The number of methoxy groups -OCH3 is 1. The Morgan fingerprint density at radius 2 is 1.82 bits per heavy atom. The molecule has 1 heterocycles. The summed E-state index contributed by atoms with van der Waals surface area (Å²) in [6.45, 7) is 13.4. The summed E-state index contributed by atoms with van der Waals surface area (Å²) < 4.78 is 10.4. The molecule has 1 fully saturated rings. The number of anilines is 1. The molecule has 3 rings (SSSR count). The molecule has 1 aliphatic heterocycles. The highest BCUT2D eigenvalue weighted by Gasteiger charge is 2.26. The highest BCUT2D eigenvalue weighted by Crippen LogP contribution is 2.30. The fourth-order valence-electron chi connectivity index (χ4n) is 3.78. The van der Waals surface area contributed by atoms with Gasteiger partial charge in [-0.25, -0.2) is 0 Å². The largest absolute Gasteiger partial charge is 0.497 e. The molecule has 34 heavy (non-hydrogen) atoms. The zero-order chi connectivity index (χ0) is 25.1. The fourth-order valence-corrected chi connectivity index (χ4v) is 4.04. The van der Waals surface area contributed by atoms with Crippen molar-refractivity contribution < 1.29 is 14.3 Å². The van der Waals surface area contributed by atoms with E-state index >= 15 is 0 Å². The zero-order valence-corrected chi connectivity index (χ0v) is 22.2. The number of nitrogens with zero attached hydrogens (tertiary/aromatic N) is 2. The normalized spacial score (nSPS) is 15.7. The van der Waals surface area contributed by atoms with Gasteiger partial charge in [0.15, 0.2) is 0 Å². The van der Waals surface area contributed by atoms with Gasteiger partial charge in [-0.2, -0.15) is 0 Å². The average Bonchev–Trinajstić information content (AvgIpc) is 3.32. The van der Waals surface area contributed by atoms with Crippen molar-refractivity contribution >= 4 is 34.5 Å². The summed E-state index contributed by atoms with van der Waals surface area (Å²) in [7, 11) is 1.65. The number of rotatable bonds is 9. The van der Waals surface area contributed by atoms with Gasteiger partial charge in [0, 0.05) is 60.3 Å². The summed E-state index contributed by atoms with van der Waals surface area (Å²) in [5.41, 5.74) is 4.77. The quantitative estimate of drug-likeness (QED) is 0.282. The molecule has 2 aromatic rings. The molecule has 0 radical (unpaired) electrons. The number of carbonyl (C=O) groups is 1. The number of hydrogen-bond donors (Lipinski definition) is 0. The van der Waals surface area contributed by atoms with Gasteiger partial charge in [0.1, 0.15) is 11.5 Å². The maximum atomic E-state index is 11.7. The molecule has 1 unspecified atom stereocenters. The highest BCUT2D eigenvalue weighted by atomic mass is 35.5. The van der Waals surface area contributed by atoms with Crippen molar-refractivity contribution in [2.24, 2.45) is 10.9 Å². The van der Waals surface area contributed by atoms with Crippen LogP contribution in [-0.4, -0.2) is 44.9 Å². The molecule has 1 saturated heterocycles. The first-order valence-electron chi connectivity index (χ1n) is 12.1. The second-order valence-corrected chi connectivity index (χ2v) is 9.08. The Hall–Kier alpha value is -2.37. The van der Waals surface area contributed by atoms with Crippen molar-refractivity contribution in [2.45, 2.75) is 53.9 Å². The van der Waals surface area contributed by atoms with Crippen LogP contribution in [0, 0.1) is 12.8 Å². The summed E-state index contributed by atoms with van der Waals surface area (Å²) in [6, 6.07) is 11.8. The zero-order valence-electron chi connectivity index (χ0n) is 21.5. The van der Waals surface area contributed by atoms with Crippen LogP contribution in [-0.2, 0) is 9.53 Å². The van der Waals surface area contributed by atoms with E-state index in [1.54, 1.807) is 14.0 Å². The Balaban J connectivity index is 0.000000509. The van der Waals surface area contributed by atoms with Gasteiger partial charge >= 0.3 is 0 Å². The van der Waals surface area contributed by atoms with Gasteiger partial charge in [-0.05, 0) is 69.9 Å². The predicted octanol–water partition coefficient (Wildman–Crippen LogP) is 7.04. The summed E-state index contributed by atoms with van der Waals surface area (Å²) in [6.07, 6.45) is 3.18. The van der Waals surface area contributed by atoms with E-state index in [4.69, 9.17) is 26.1 Å². The fraction of sp³-hybridized carbons (Fsp3) is 0.500. The van der Waals surface area contributed by atoms with E-state index in [-0.39, 0.29) is 11.7 Å². The van der Waals surface area contributed by atoms with Gasteiger partial charge in [-0.1, -0.05) is 31.5 Å². The lowest BCUT2D eigenvalue weighted by molar-refractivity contribution is -0.120.